The summed E-state index contributed by atoms with van der Waals surface area (Å²) >= 11 is 1.30. The second kappa shape index (κ2) is 9.52. The molecule has 1 N–H and O–H groups in total. The lowest BCUT2D eigenvalue weighted by Crippen LogP contribution is -2.31. The lowest BCUT2D eigenvalue weighted by atomic mass is 9.99. The molecule has 0 bridgehead atoms. The van der Waals surface area contributed by atoms with Crippen LogP contribution in [0.3, 0.4) is 0 Å². The summed E-state index contributed by atoms with van der Waals surface area (Å²) in [5, 5.41) is 12.8. The van der Waals surface area contributed by atoms with Crippen LogP contribution in [0.15, 0.2) is 94.9 Å². The molecule has 0 fully saturated rings. The van der Waals surface area contributed by atoms with Gasteiger partial charge in [0, 0.05) is 7.05 Å². The van der Waals surface area contributed by atoms with Gasteiger partial charge in [0.15, 0.2) is 5.16 Å². The zero-order chi connectivity index (χ0) is 23.5. The first-order valence-electron chi connectivity index (χ1n) is 11.0. The Morgan fingerprint density at radius 3 is 2.38 bits per heavy atom. The van der Waals surface area contributed by atoms with E-state index in [0.29, 0.717) is 22.7 Å². The number of hydrogen-bond acceptors (Lipinski definition) is 5. The zero-order valence-electron chi connectivity index (χ0n) is 18.6. The molecular formula is C26H23N5O2S. The summed E-state index contributed by atoms with van der Waals surface area (Å²) < 4.78 is 3.30. The van der Waals surface area contributed by atoms with Gasteiger partial charge in [0.25, 0.3) is 5.56 Å². The third-order valence-corrected chi connectivity index (χ3v) is 6.68. The van der Waals surface area contributed by atoms with Crippen molar-refractivity contribution in [2.24, 2.45) is 7.05 Å². The Balaban J connectivity index is 1.38. The maximum atomic E-state index is 13.0. The molecule has 1 amide bonds. The first-order valence-corrected chi connectivity index (χ1v) is 11.9. The monoisotopic (exact) mass is 469 g/mol. The summed E-state index contributed by atoms with van der Waals surface area (Å²) in [5.74, 6) is 0.523. The second-order valence-electron chi connectivity index (χ2n) is 8.01. The number of nitrogens with zero attached hydrogens (tertiary/aromatic N) is 4. The highest BCUT2D eigenvalue weighted by atomic mass is 32.2. The zero-order valence-corrected chi connectivity index (χ0v) is 19.4. The maximum Gasteiger partial charge on any atom is 0.262 e. The molecule has 3 aromatic carbocycles. The molecule has 0 radical (unpaired) electrons. The van der Waals surface area contributed by atoms with Crippen LogP contribution in [0, 0.1) is 0 Å². The van der Waals surface area contributed by atoms with Crippen LogP contribution in [-0.4, -0.2) is 30.8 Å². The van der Waals surface area contributed by atoms with Gasteiger partial charge in [-0.3, -0.25) is 18.6 Å². The van der Waals surface area contributed by atoms with Crippen LogP contribution < -0.4 is 10.9 Å². The van der Waals surface area contributed by atoms with Gasteiger partial charge in [0.05, 0.1) is 22.7 Å². The Morgan fingerprint density at radius 1 is 0.941 bits per heavy atom. The van der Waals surface area contributed by atoms with E-state index >= 15 is 0 Å². The predicted molar refractivity (Wildman–Crippen MR) is 134 cm³/mol. The number of thioether (sulfide) groups is 1. The minimum Gasteiger partial charge on any atom is -0.348 e. The summed E-state index contributed by atoms with van der Waals surface area (Å²) in [5.41, 5.74) is 2.80. The fourth-order valence-electron chi connectivity index (χ4n) is 4.06. The van der Waals surface area contributed by atoms with E-state index in [2.05, 4.69) is 27.6 Å². The molecule has 5 aromatic rings. The van der Waals surface area contributed by atoms with E-state index in [1.807, 2.05) is 71.1 Å². The lowest BCUT2D eigenvalue weighted by Gasteiger charge is -2.19. The van der Waals surface area contributed by atoms with E-state index in [1.165, 1.54) is 16.3 Å². The fraction of sp³-hybridized carbons (Fsp3) is 0.154. The number of amides is 1. The first-order chi connectivity index (χ1) is 16.6. The van der Waals surface area contributed by atoms with Crippen LogP contribution in [-0.2, 0) is 18.3 Å². The van der Waals surface area contributed by atoms with Crippen molar-refractivity contribution < 1.29 is 4.79 Å². The molecule has 0 aliphatic rings. The third-order valence-electron chi connectivity index (χ3n) is 5.75. The molecular weight excluding hydrogens is 446 g/mol. The van der Waals surface area contributed by atoms with E-state index in [9.17, 15) is 9.59 Å². The number of carbonyl (C=O) groups excluding carboxylic acids is 1. The number of nitrogens with one attached hydrogen (secondary N) is 1. The number of hydrogen-bond donors (Lipinski definition) is 1. The van der Waals surface area contributed by atoms with Gasteiger partial charge in [0.2, 0.25) is 11.7 Å². The highest BCUT2D eigenvalue weighted by Gasteiger charge is 2.18. The van der Waals surface area contributed by atoms with Crippen LogP contribution in [0.25, 0.3) is 16.7 Å². The Bertz CT molecular complexity index is 1510. The van der Waals surface area contributed by atoms with Crippen LogP contribution in [0.2, 0.25) is 0 Å². The van der Waals surface area contributed by atoms with Crippen LogP contribution in [0.4, 0.5) is 0 Å². The molecule has 0 aliphatic carbocycles. The van der Waals surface area contributed by atoms with Crippen molar-refractivity contribution in [3.63, 3.8) is 0 Å². The van der Waals surface area contributed by atoms with E-state index in [4.69, 9.17) is 0 Å². The smallest absolute Gasteiger partial charge is 0.262 e. The summed E-state index contributed by atoms with van der Waals surface area (Å²) in [4.78, 5) is 25.6. The van der Waals surface area contributed by atoms with E-state index < -0.39 is 0 Å². The standard InChI is InChI=1S/C26H23N5O2S/c1-30-24(33)20-14-8-9-15-22(20)31-25(30)28-29-26(31)34-17-23(32)27-21(19-12-6-3-7-13-19)16-18-10-4-2-5-11-18/h2-15,21H,16-17H2,1H3,(H,27,32). The molecule has 2 aromatic heterocycles. The molecule has 7 nitrogen and oxygen atoms in total. The van der Waals surface area contributed by atoms with E-state index in [1.54, 1.807) is 13.1 Å². The number of rotatable bonds is 7. The second-order valence-corrected chi connectivity index (χ2v) is 8.95. The highest BCUT2D eigenvalue weighted by molar-refractivity contribution is 7.99. The van der Waals surface area contributed by atoms with Crippen molar-refractivity contribution in [2.45, 2.75) is 17.6 Å². The van der Waals surface area contributed by atoms with E-state index in [-0.39, 0.29) is 23.3 Å². The molecule has 5 rings (SSSR count). The molecule has 8 heteroatoms. The van der Waals surface area contributed by atoms with Crippen LogP contribution in [0.5, 0.6) is 0 Å². The van der Waals surface area contributed by atoms with Crippen molar-refractivity contribution in [2.75, 3.05) is 5.75 Å². The quantitative estimate of drug-likeness (QED) is 0.367. The lowest BCUT2D eigenvalue weighted by molar-refractivity contribution is -0.119. The van der Waals surface area contributed by atoms with Gasteiger partial charge in [-0.15, -0.1) is 10.2 Å². The summed E-state index contributed by atoms with van der Waals surface area (Å²) in [6.07, 6.45) is 0.696. The van der Waals surface area contributed by atoms with Gasteiger partial charge < -0.3 is 5.32 Å². The summed E-state index contributed by atoms with van der Waals surface area (Å²) in [6, 6.07) is 27.3. The molecule has 170 valence electrons. The summed E-state index contributed by atoms with van der Waals surface area (Å²) in [7, 11) is 1.67. The Kier molecular flexibility index (Phi) is 6.14. The topological polar surface area (TPSA) is 81.3 Å². The Hall–Kier alpha value is -3.91. The predicted octanol–water partition coefficient (Wildman–Crippen LogP) is 3.77. The molecule has 1 atom stereocenters. The number of aromatic nitrogens is 4. The molecule has 0 spiro atoms. The number of carbonyl (C=O) groups is 1. The molecule has 0 aliphatic heterocycles. The van der Waals surface area contributed by atoms with Crippen molar-refractivity contribution in [3.05, 3.63) is 106 Å². The minimum atomic E-state index is -0.145. The van der Waals surface area contributed by atoms with Crippen LogP contribution in [0.1, 0.15) is 17.2 Å². The molecule has 34 heavy (non-hydrogen) atoms. The Labute approximate surface area is 200 Å². The van der Waals surface area contributed by atoms with Gasteiger partial charge in [-0.2, -0.15) is 0 Å². The number of fused-ring (bicyclic) bond motifs is 3. The fourth-order valence-corrected chi connectivity index (χ4v) is 4.81. The highest BCUT2D eigenvalue weighted by Crippen LogP contribution is 2.22. The number of para-hydroxylation sites is 1. The summed E-state index contributed by atoms with van der Waals surface area (Å²) in [6.45, 7) is 0. The van der Waals surface area contributed by atoms with Gasteiger partial charge in [-0.05, 0) is 29.7 Å². The maximum absolute atomic E-state index is 13.0. The van der Waals surface area contributed by atoms with Crippen molar-refractivity contribution in [1.82, 2.24) is 24.5 Å². The van der Waals surface area contributed by atoms with Crippen molar-refractivity contribution >= 4 is 34.3 Å². The third kappa shape index (κ3) is 4.32. The Morgan fingerprint density at radius 2 is 1.62 bits per heavy atom. The average molecular weight is 470 g/mol. The SMILES string of the molecule is Cn1c(=O)c2ccccc2n2c(SCC(=O)NC(Cc3ccccc3)c3ccccc3)nnc12. The average Bonchev–Trinajstić information content (AvgIpc) is 3.31. The van der Waals surface area contributed by atoms with Crippen LogP contribution >= 0.6 is 11.8 Å². The van der Waals surface area contributed by atoms with Gasteiger partial charge in [-0.1, -0.05) is 84.6 Å². The molecule has 2 heterocycles. The molecule has 0 saturated carbocycles. The van der Waals surface area contributed by atoms with Gasteiger partial charge >= 0.3 is 0 Å². The largest absolute Gasteiger partial charge is 0.348 e. The first kappa shape index (κ1) is 21.9. The van der Waals surface area contributed by atoms with Crippen molar-refractivity contribution in [1.29, 1.82) is 0 Å². The molecule has 0 saturated heterocycles. The van der Waals surface area contributed by atoms with Gasteiger partial charge in [0.1, 0.15) is 0 Å². The minimum absolute atomic E-state index is 0.0966. The number of aryl methyl sites for hydroxylation is 1. The van der Waals surface area contributed by atoms with Crippen molar-refractivity contribution in [3.8, 4) is 0 Å². The number of benzene rings is 3. The normalized spacial score (nSPS) is 12.1. The van der Waals surface area contributed by atoms with E-state index in [0.717, 1.165) is 16.6 Å². The molecule has 1 unspecified atom stereocenters. The van der Waals surface area contributed by atoms with Gasteiger partial charge in [-0.25, -0.2) is 0 Å².